The van der Waals surface area contributed by atoms with Crippen molar-refractivity contribution in [2.24, 2.45) is 0 Å². The summed E-state index contributed by atoms with van der Waals surface area (Å²) in [6.45, 7) is 0. The van der Waals surface area contributed by atoms with E-state index in [4.69, 9.17) is 9.97 Å². The van der Waals surface area contributed by atoms with E-state index in [-0.39, 0.29) is 0 Å². The van der Waals surface area contributed by atoms with E-state index < -0.39 is 0 Å². The molecule has 0 amide bonds. The summed E-state index contributed by atoms with van der Waals surface area (Å²) < 4.78 is 4.84. The Morgan fingerprint density at radius 3 is 1.32 bits per heavy atom. The first-order valence-corrected chi connectivity index (χ1v) is 21.1. The summed E-state index contributed by atoms with van der Waals surface area (Å²) in [5.41, 5.74) is 16.3. The van der Waals surface area contributed by atoms with Crippen LogP contribution >= 0.6 is 0 Å². The van der Waals surface area contributed by atoms with Gasteiger partial charge in [-0.1, -0.05) is 176 Å². The summed E-state index contributed by atoms with van der Waals surface area (Å²) in [5, 5.41) is 4.84. The zero-order chi connectivity index (χ0) is 41.0. The van der Waals surface area contributed by atoms with Crippen molar-refractivity contribution in [2.75, 3.05) is 0 Å². The van der Waals surface area contributed by atoms with Gasteiger partial charge in [-0.2, -0.15) is 0 Å². The van der Waals surface area contributed by atoms with Crippen LogP contribution in [0.15, 0.2) is 231 Å². The van der Waals surface area contributed by atoms with Crippen molar-refractivity contribution in [3.05, 3.63) is 231 Å². The molecule has 0 bridgehead atoms. The van der Waals surface area contributed by atoms with Gasteiger partial charge in [0.2, 0.25) is 0 Å². The van der Waals surface area contributed by atoms with Gasteiger partial charge in [0.25, 0.3) is 0 Å². The first kappa shape index (κ1) is 35.6. The maximum absolute atomic E-state index is 5.26. The largest absolute Gasteiger partial charge is 0.309 e. The molecule has 0 aliphatic carbocycles. The van der Waals surface area contributed by atoms with E-state index in [2.05, 4.69) is 221 Å². The Kier molecular flexibility index (Phi) is 8.46. The normalized spacial score (nSPS) is 11.5. The first-order chi connectivity index (χ1) is 30.7. The van der Waals surface area contributed by atoms with E-state index in [1.807, 2.05) is 18.2 Å². The third-order valence-corrected chi connectivity index (χ3v) is 12.1. The van der Waals surface area contributed by atoms with Gasteiger partial charge in [-0.05, 0) is 76.9 Å². The number of hydrogen-bond acceptors (Lipinski definition) is 2. The fraction of sp³-hybridized carbons (Fsp3) is 0. The van der Waals surface area contributed by atoms with E-state index >= 15 is 0 Å². The number of aromatic nitrogens is 4. The molecule has 0 unspecified atom stereocenters. The van der Waals surface area contributed by atoms with Crippen molar-refractivity contribution >= 4 is 43.6 Å². The quantitative estimate of drug-likeness (QED) is 0.161. The highest BCUT2D eigenvalue weighted by atomic mass is 15.0. The van der Waals surface area contributed by atoms with Crippen LogP contribution in [0.4, 0.5) is 0 Å². The molecule has 3 aromatic heterocycles. The van der Waals surface area contributed by atoms with E-state index in [0.717, 1.165) is 61.6 Å². The van der Waals surface area contributed by atoms with Gasteiger partial charge in [-0.3, -0.25) is 0 Å². The van der Waals surface area contributed by atoms with Gasteiger partial charge >= 0.3 is 0 Å². The number of nitrogens with zero attached hydrogens (tertiary/aromatic N) is 4. The lowest BCUT2D eigenvalue weighted by Crippen LogP contribution is -1.98. The van der Waals surface area contributed by atoms with E-state index in [1.165, 1.54) is 43.7 Å². The predicted molar refractivity (Wildman–Crippen MR) is 258 cm³/mol. The molecule has 9 aromatic carbocycles. The number of para-hydroxylation sites is 2. The zero-order valence-corrected chi connectivity index (χ0v) is 33.7. The highest BCUT2D eigenvalue weighted by Gasteiger charge is 2.20. The number of benzene rings is 9. The van der Waals surface area contributed by atoms with Gasteiger partial charge in [-0.25, -0.2) is 9.97 Å². The van der Waals surface area contributed by atoms with Gasteiger partial charge < -0.3 is 9.13 Å². The lowest BCUT2D eigenvalue weighted by molar-refractivity contribution is 1.16. The third kappa shape index (κ3) is 6.00. The van der Waals surface area contributed by atoms with Gasteiger partial charge in [0.15, 0.2) is 5.82 Å². The van der Waals surface area contributed by atoms with Crippen LogP contribution in [-0.4, -0.2) is 19.1 Å². The molecule has 4 nitrogen and oxygen atoms in total. The zero-order valence-electron chi connectivity index (χ0n) is 33.7. The fourth-order valence-corrected chi connectivity index (χ4v) is 9.27. The van der Waals surface area contributed by atoms with Gasteiger partial charge in [-0.15, -0.1) is 0 Å². The SMILES string of the molecule is c1ccc(-c2cccc(-n3c4ccccc4c4cc5c(cc43)c3ccccc3n5-c3cccc(-c4cc(-c5ccccc5-c5ccccc5)nc(-c5ccccc5)n4)c3)c2)cc1. The molecule has 4 heteroatoms. The Bertz CT molecular complexity index is 3620. The first-order valence-electron chi connectivity index (χ1n) is 21.1. The van der Waals surface area contributed by atoms with Crippen LogP contribution in [0.1, 0.15) is 0 Å². The fourth-order valence-electron chi connectivity index (χ4n) is 9.27. The van der Waals surface area contributed by atoms with Crippen molar-refractivity contribution in [3.8, 4) is 67.5 Å². The molecule has 0 aliphatic rings. The minimum Gasteiger partial charge on any atom is -0.309 e. The van der Waals surface area contributed by atoms with Crippen molar-refractivity contribution in [1.82, 2.24) is 19.1 Å². The summed E-state index contributed by atoms with van der Waals surface area (Å²) in [7, 11) is 0. The van der Waals surface area contributed by atoms with Crippen molar-refractivity contribution in [3.63, 3.8) is 0 Å². The second kappa shape index (κ2) is 14.7. The predicted octanol–water partition coefficient (Wildman–Crippen LogP) is 15.0. The minimum absolute atomic E-state index is 0.691. The molecular formula is C58H38N4. The number of fused-ring (bicyclic) bond motifs is 6. The summed E-state index contributed by atoms with van der Waals surface area (Å²) in [6.07, 6.45) is 0. The molecule has 0 aliphatic heterocycles. The molecule has 0 saturated carbocycles. The molecule has 0 radical (unpaired) electrons. The average Bonchev–Trinajstić information content (AvgIpc) is 3.86. The average molecular weight is 791 g/mol. The van der Waals surface area contributed by atoms with Crippen LogP contribution in [0, 0.1) is 0 Å². The maximum Gasteiger partial charge on any atom is 0.160 e. The van der Waals surface area contributed by atoms with Crippen LogP contribution in [0.2, 0.25) is 0 Å². The smallest absolute Gasteiger partial charge is 0.160 e. The Morgan fingerprint density at radius 2 is 0.710 bits per heavy atom. The maximum atomic E-state index is 5.26. The second-order valence-electron chi connectivity index (χ2n) is 15.8. The van der Waals surface area contributed by atoms with Crippen molar-refractivity contribution in [1.29, 1.82) is 0 Å². The Hall–Kier alpha value is -8.34. The highest BCUT2D eigenvalue weighted by molar-refractivity contribution is 6.19. The molecule has 3 heterocycles. The minimum atomic E-state index is 0.691. The van der Waals surface area contributed by atoms with Gasteiger partial charge in [0, 0.05) is 49.6 Å². The molecule has 62 heavy (non-hydrogen) atoms. The molecule has 12 rings (SSSR count). The van der Waals surface area contributed by atoms with E-state index in [1.54, 1.807) is 0 Å². The molecule has 0 spiro atoms. The molecule has 290 valence electrons. The molecule has 0 atom stereocenters. The van der Waals surface area contributed by atoms with Gasteiger partial charge in [0.1, 0.15) is 0 Å². The van der Waals surface area contributed by atoms with E-state index in [9.17, 15) is 0 Å². The standard InChI is InChI=1S/C58H38N4/c1-4-18-39(19-5-1)42-24-16-26-44(34-42)61-54-32-14-12-30-48(54)50-37-57-51(36-56(50)61)49-31-13-15-33-55(49)62(57)45-27-17-25-43(35-45)52-38-53(60-58(59-52)41-22-8-3-9-23-41)47-29-11-10-28-46(47)40-20-6-2-7-21-40/h1-38H. The lowest BCUT2D eigenvalue weighted by Gasteiger charge is -2.14. The lowest BCUT2D eigenvalue weighted by atomic mass is 9.96. The third-order valence-electron chi connectivity index (χ3n) is 12.1. The van der Waals surface area contributed by atoms with Crippen LogP contribution in [0.25, 0.3) is 111 Å². The van der Waals surface area contributed by atoms with E-state index in [0.29, 0.717) is 5.82 Å². The number of hydrogen-bond donors (Lipinski definition) is 0. The highest BCUT2D eigenvalue weighted by Crippen LogP contribution is 2.41. The summed E-state index contributed by atoms with van der Waals surface area (Å²) in [5.74, 6) is 0.691. The van der Waals surface area contributed by atoms with Crippen LogP contribution in [0.3, 0.4) is 0 Å². The second-order valence-corrected chi connectivity index (χ2v) is 15.8. The van der Waals surface area contributed by atoms with Gasteiger partial charge in [0.05, 0.1) is 33.5 Å². The number of rotatable bonds is 7. The molecule has 12 aromatic rings. The van der Waals surface area contributed by atoms with Crippen LogP contribution in [0.5, 0.6) is 0 Å². The topological polar surface area (TPSA) is 35.6 Å². The van der Waals surface area contributed by atoms with Crippen molar-refractivity contribution in [2.45, 2.75) is 0 Å². The molecular weight excluding hydrogens is 753 g/mol. The summed E-state index contributed by atoms with van der Waals surface area (Å²) in [6, 6.07) is 82.1. The summed E-state index contributed by atoms with van der Waals surface area (Å²) in [4.78, 5) is 10.5. The molecule has 0 fully saturated rings. The monoisotopic (exact) mass is 790 g/mol. The Morgan fingerprint density at radius 1 is 0.258 bits per heavy atom. The van der Waals surface area contributed by atoms with Crippen LogP contribution < -0.4 is 0 Å². The molecule has 0 saturated heterocycles. The Balaban J connectivity index is 1.05. The summed E-state index contributed by atoms with van der Waals surface area (Å²) >= 11 is 0. The Labute approximate surface area is 359 Å². The van der Waals surface area contributed by atoms with Crippen LogP contribution in [-0.2, 0) is 0 Å². The molecule has 0 N–H and O–H groups in total. The van der Waals surface area contributed by atoms with Crippen molar-refractivity contribution < 1.29 is 0 Å².